The number of carboxylic acids is 1. The number of benzene rings is 2. The molecule has 4 nitrogen and oxygen atoms in total. The van der Waals surface area contributed by atoms with Gasteiger partial charge in [-0.25, -0.2) is 9.18 Å². The average Bonchev–Trinajstić information content (AvgIpc) is 3.44. The number of carboxylic acid groups (broad SMARTS) is 1. The van der Waals surface area contributed by atoms with E-state index in [1.54, 1.807) is 44.2 Å². The predicted octanol–water partition coefficient (Wildman–Crippen LogP) is 5.10. The number of hydrogen-bond donors (Lipinski definition) is 2. The van der Waals surface area contributed by atoms with Crippen LogP contribution in [0.25, 0.3) is 5.57 Å². The van der Waals surface area contributed by atoms with E-state index in [0.717, 1.165) is 12.2 Å². The molecule has 27 heavy (non-hydrogen) atoms. The highest BCUT2D eigenvalue weighted by atomic mass is 19.1. The Kier molecular flexibility index (Phi) is 5.79. The number of carbonyl (C=O) groups is 1. The molecular formula is C22H24FNO3. The molecule has 1 aliphatic rings. The Morgan fingerprint density at radius 2 is 1.96 bits per heavy atom. The van der Waals surface area contributed by atoms with Crippen molar-refractivity contribution in [1.82, 2.24) is 0 Å². The molecule has 0 saturated heterocycles. The van der Waals surface area contributed by atoms with Crippen molar-refractivity contribution in [2.75, 3.05) is 11.9 Å². The minimum atomic E-state index is -0.986. The molecule has 2 N–H and O–H groups in total. The van der Waals surface area contributed by atoms with Crippen LogP contribution < -0.4 is 10.1 Å². The predicted molar refractivity (Wildman–Crippen MR) is 104 cm³/mol. The van der Waals surface area contributed by atoms with Gasteiger partial charge in [0.25, 0.3) is 0 Å². The SMILES string of the molecule is CC(C)=C(C(=O)O)c1ccccc1COc1ccc(NCC2CC2)cc1F. The molecule has 0 aromatic heterocycles. The first-order valence-electron chi connectivity index (χ1n) is 9.11. The molecular weight excluding hydrogens is 345 g/mol. The molecule has 3 rings (SSSR count). The molecule has 0 atom stereocenters. The first-order chi connectivity index (χ1) is 13.0. The van der Waals surface area contributed by atoms with Crippen LogP contribution in [0.4, 0.5) is 10.1 Å². The van der Waals surface area contributed by atoms with Crippen molar-refractivity contribution in [3.8, 4) is 5.75 Å². The van der Waals surface area contributed by atoms with Crippen molar-refractivity contribution < 1.29 is 19.0 Å². The molecule has 0 bridgehead atoms. The fourth-order valence-corrected chi connectivity index (χ4v) is 2.96. The maximum atomic E-state index is 14.3. The summed E-state index contributed by atoms with van der Waals surface area (Å²) in [4.78, 5) is 11.6. The summed E-state index contributed by atoms with van der Waals surface area (Å²) in [5.41, 5.74) is 2.98. The van der Waals surface area contributed by atoms with Crippen LogP contribution in [0.5, 0.6) is 5.75 Å². The summed E-state index contributed by atoms with van der Waals surface area (Å²) in [5, 5.41) is 12.7. The minimum absolute atomic E-state index is 0.0893. The van der Waals surface area contributed by atoms with Crippen LogP contribution in [0, 0.1) is 11.7 Å². The van der Waals surface area contributed by atoms with Gasteiger partial charge in [-0.15, -0.1) is 0 Å². The molecule has 0 radical (unpaired) electrons. The molecule has 0 aliphatic heterocycles. The van der Waals surface area contributed by atoms with Crippen LogP contribution in [-0.4, -0.2) is 17.6 Å². The molecule has 2 aromatic rings. The van der Waals surface area contributed by atoms with Crippen LogP contribution >= 0.6 is 0 Å². The second-order valence-electron chi connectivity index (χ2n) is 7.10. The number of aliphatic carboxylic acids is 1. The van der Waals surface area contributed by atoms with E-state index in [9.17, 15) is 14.3 Å². The van der Waals surface area contributed by atoms with Gasteiger partial charge < -0.3 is 15.2 Å². The first kappa shape index (κ1) is 19.0. The zero-order chi connectivity index (χ0) is 19.4. The molecule has 5 heteroatoms. The Labute approximate surface area is 158 Å². The number of ether oxygens (including phenoxy) is 1. The Morgan fingerprint density at radius 3 is 2.59 bits per heavy atom. The topological polar surface area (TPSA) is 58.6 Å². The van der Waals surface area contributed by atoms with Crippen LogP contribution in [0.1, 0.15) is 37.8 Å². The van der Waals surface area contributed by atoms with E-state index in [0.29, 0.717) is 22.6 Å². The van der Waals surface area contributed by atoms with E-state index >= 15 is 0 Å². The summed E-state index contributed by atoms with van der Waals surface area (Å²) in [6.07, 6.45) is 2.47. The third kappa shape index (κ3) is 4.88. The third-order valence-electron chi connectivity index (χ3n) is 4.61. The highest BCUT2D eigenvalue weighted by Crippen LogP contribution is 2.30. The van der Waals surface area contributed by atoms with Crippen molar-refractivity contribution in [3.63, 3.8) is 0 Å². The van der Waals surface area contributed by atoms with Crippen LogP contribution in [-0.2, 0) is 11.4 Å². The van der Waals surface area contributed by atoms with E-state index < -0.39 is 11.8 Å². The molecule has 1 fully saturated rings. The fourth-order valence-electron chi connectivity index (χ4n) is 2.96. The lowest BCUT2D eigenvalue weighted by molar-refractivity contribution is -0.130. The summed E-state index contributed by atoms with van der Waals surface area (Å²) in [7, 11) is 0. The molecule has 142 valence electrons. The zero-order valence-electron chi connectivity index (χ0n) is 15.6. The van der Waals surface area contributed by atoms with Gasteiger partial charge in [0, 0.05) is 18.3 Å². The van der Waals surface area contributed by atoms with Crippen LogP contribution in [0.2, 0.25) is 0 Å². The standard InChI is InChI=1S/C22H24FNO3/c1-14(2)21(22(25)26)18-6-4-3-5-16(18)13-27-20-10-9-17(11-19(20)23)24-12-15-7-8-15/h3-6,9-11,15,24H,7-8,12-13H2,1-2H3,(H,25,26). The average molecular weight is 369 g/mol. The minimum Gasteiger partial charge on any atom is -0.486 e. The van der Waals surface area contributed by atoms with Gasteiger partial charge in [0.05, 0.1) is 5.57 Å². The van der Waals surface area contributed by atoms with E-state index in [4.69, 9.17) is 4.74 Å². The monoisotopic (exact) mass is 369 g/mol. The first-order valence-corrected chi connectivity index (χ1v) is 9.11. The summed E-state index contributed by atoms with van der Waals surface area (Å²) in [5.74, 6) is -0.566. The van der Waals surface area contributed by atoms with Crippen LogP contribution in [0.3, 0.4) is 0 Å². The molecule has 1 aliphatic carbocycles. The number of allylic oxidation sites excluding steroid dienone is 1. The Morgan fingerprint density at radius 1 is 1.22 bits per heavy atom. The maximum absolute atomic E-state index is 14.3. The van der Waals surface area contributed by atoms with Gasteiger partial charge in [-0.1, -0.05) is 29.8 Å². The second kappa shape index (κ2) is 8.25. The van der Waals surface area contributed by atoms with Gasteiger partial charge >= 0.3 is 5.97 Å². The van der Waals surface area contributed by atoms with Crippen molar-refractivity contribution in [2.45, 2.75) is 33.3 Å². The second-order valence-corrected chi connectivity index (χ2v) is 7.10. The molecule has 1 saturated carbocycles. The Balaban J connectivity index is 1.73. The molecule has 0 heterocycles. The van der Waals surface area contributed by atoms with E-state index in [1.165, 1.54) is 18.9 Å². The van der Waals surface area contributed by atoms with Gasteiger partial charge in [-0.2, -0.15) is 0 Å². The third-order valence-corrected chi connectivity index (χ3v) is 4.61. The van der Waals surface area contributed by atoms with Gasteiger partial charge in [-0.05, 0) is 55.9 Å². The van der Waals surface area contributed by atoms with Crippen molar-refractivity contribution >= 4 is 17.2 Å². The van der Waals surface area contributed by atoms with E-state index in [2.05, 4.69) is 5.32 Å². The summed E-state index contributed by atoms with van der Waals surface area (Å²) in [6, 6.07) is 12.0. The van der Waals surface area contributed by atoms with E-state index in [-0.39, 0.29) is 17.9 Å². The number of anilines is 1. The molecule has 2 aromatic carbocycles. The van der Waals surface area contributed by atoms with Gasteiger partial charge in [0.15, 0.2) is 11.6 Å². The quantitative estimate of drug-likeness (QED) is 0.635. The summed E-state index contributed by atoms with van der Waals surface area (Å²) < 4.78 is 20.0. The van der Waals surface area contributed by atoms with Gasteiger partial charge in [-0.3, -0.25) is 0 Å². The number of rotatable bonds is 8. The Bertz CT molecular complexity index is 868. The summed E-state index contributed by atoms with van der Waals surface area (Å²) >= 11 is 0. The normalized spacial score (nSPS) is 13.1. The van der Waals surface area contributed by atoms with Crippen molar-refractivity contribution in [1.29, 1.82) is 0 Å². The molecule has 0 unspecified atom stereocenters. The molecule has 0 spiro atoms. The largest absolute Gasteiger partial charge is 0.486 e. The lowest BCUT2D eigenvalue weighted by atomic mass is 9.97. The van der Waals surface area contributed by atoms with Gasteiger partial charge in [0.1, 0.15) is 6.61 Å². The molecule has 0 amide bonds. The number of hydrogen-bond acceptors (Lipinski definition) is 3. The Hall–Kier alpha value is -2.82. The maximum Gasteiger partial charge on any atom is 0.336 e. The highest BCUT2D eigenvalue weighted by Gasteiger charge is 2.21. The summed E-state index contributed by atoms with van der Waals surface area (Å²) in [6.45, 7) is 4.47. The number of halogens is 1. The lowest BCUT2D eigenvalue weighted by Crippen LogP contribution is -2.07. The van der Waals surface area contributed by atoms with Crippen molar-refractivity contribution in [2.24, 2.45) is 5.92 Å². The van der Waals surface area contributed by atoms with Crippen molar-refractivity contribution in [3.05, 3.63) is 65.0 Å². The number of nitrogens with one attached hydrogen (secondary N) is 1. The fraction of sp³-hybridized carbons (Fsp3) is 0.318. The van der Waals surface area contributed by atoms with Gasteiger partial charge in [0.2, 0.25) is 0 Å². The smallest absolute Gasteiger partial charge is 0.336 e. The van der Waals surface area contributed by atoms with E-state index in [1.807, 2.05) is 6.07 Å². The highest BCUT2D eigenvalue weighted by molar-refractivity contribution is 6.16. The zero-order valence-corrected chi connectivity index (χ0v) is 15.6. The lowest BCUT2D eigenvalue weighted by Gasteiger charge is -2.14. The van der Waals surface area contributed by atoms with Crippen LogP contribution in [0.15, 0.2) is 48.0 Å².